The Labute approximate surface area is 115 Å². The summed E-state index contributed by atoms with van der Waals surface area (Å²) < 4.78 is 11.8. The van der Waals surface area contributed by atoms with Gasteiger partial charge in [0.25, 0.3) is 5.91 Å². The molecule has 20 heavy (non-hydrogen) atoms. The van der Waals surface area contributed by atoms with Gasteiger partial charge in [-0.15, -0.1) is 0 Å². The van der Waals surface area contributed by atoms with Crippen molar-refractivity contribution >= 4 is 11.8 Å². The number of carbonyl (C=O) groups excluding carboxylic acids is 2. The highest BCUT2D eigenvalue weighted by atomic mass is 16.5. The first-order valence-corrected chi connectivity index (χ1v) is 5.91. The lowest BCUT2D eigenvalue weighted by Crippen LogP contribution is -2.42. The van der Waals surface area contributed by atoms with E-state index in [4.69, 9.17) is 9.15 Å². The molecule has 0 saturated heterocycles. The molecule has 2 rings (SSSR count). The summed E-state index contributed by atoms with van der Waals surface area (Å²) in [7, 11) is 3.27. The van der Waals surface area contributed by atoms with Crippen molar-refractivity contribution in [2.45, 2.75) is 6.61 Å². The van der Waals surface area contributed by atoms with E-state index in [1.165, 1.54) is 13.2 Å². The highest BCUT2D eigenvalue weighted by molar-refractivity contribution is 5.97. The molecule has 0 fully saturated rings. The van der Waals surface area contributed by atoms with Crippen LogP contribution >= 0.6 is 0 Å². The third-order valence-electron chi connectivity index (χ3n) is 2.64. The highest BCUT2D eigenvalue weighted by Gasteiger charge is 2.13. The maximum Gasteiger partial charge on any atom is 0.305 e. The number of carbonyl (C=O) groups is 2. The SMILES string of the molecule is COCc1ccc(C(=O)NNC(=O)c2cccn2C)o1. The van der Waals surface area contributed by atoms with Gasteiger partial charge in [0.15, 0.2) is 5.76 Å². The van der Waals surface area contributed by atoms with E-state index in [-0.39, 0.29) is 12.4 Å². The van der Waals surface area contributed by atoms with Gasteiger partial charge < -0.3 is 13.7 Å². The van der Waals surface area contributed by atoms with Crippen LogP contribution in [0.5, 0.6) is 0 Å². The number of hydrogen-bond donors (Lipinski definition) is 2. The van der Waals surface area contributed by atoms with Gasteiger partial charge in [0, 0.05) is 20.4 Å². The van der Waals surface area contributed by atoms with E-state index in [0.717, 1.165) is 0 Å². The number of hydrogen-bond acceptors (Lipinski definition) is 4. The molecule has 2 heterocycles. The summed E-state index contributed by atoms with van der Waals surface area (Å²) in [5.74, 6) is -0.305. The zero-order valence-electron chi connectivity index (χ0n) is 11.2. The van der Waals surface area contributed by atoms with Crippen LogP contribution in [0.1, 0.15) is 26.8 Å². The molecule has 106 valence electrons. The summed E-state index contributed by atoms with van der Waals surface area (Å²) in [6, 6.07) is 6.53. The van der Waals surface area contributed by atoms with Crippen molar-refractivity contribution in [3.8, 4) is 0 Å². The van der Waals surface area contributed by atoms with Crippen LogP contribution in [0, 0.1) is 0 Å². The zero-order valence-corrected chi connectivity index (χ0v) is 11.2. The fourth-order valence-corrected chi connectivity index (χ4v) is 1.66. The number of aryl methyl sites for hydroxylation is 1. The van der Waals surface area contributed by atoms with Crippen LogP contribution in [0.25, 0.3) is 0 Å². The van der Waals surface area contributed by atoms with E-state index >= 15 is 0 Å². The van der Waals surface area contributed by atoms with Crippen molar-refractivity contribution in [2.24, 2.45) is 7.05 Å². The Hall–Kier alpha value is -2.54. The fourth-order valence-electron chi connectivity index (χ4n) is 1.66. The Morgan fingerprint density at radius 3 is 2.65 bits per heavy atom. The van der Waals surface area contributed by atoms with E-state index in [0.29, 0.717) is 11.5 Å². The predicted octanol–water partition coefficient (Wildman–Crippen LogP) is 0.839. The smallest absolute Gasteiger partial charge is 0.305 e. The average Bonchev–Trinajstić information content (AvgIpc) is 3.05. The molecular weight excluding hydrogens is 262 g/mol. The molecule has 0 radical (unpaired) electrons. The number of nitrogens with zero attached hydrogens (tertiary/aromatic N) is 1. The third kappa shape index (κ3) is 3.07. The van der Waals surface area contributed by atoms with Gasteiger partial charge in [-0.1, -0.05) is 0 Å². The summed E-state index contributed by atoms with van der Waals surface area (Å²) in [4.78, 5) is 23.5. The van der Waals surface area contributed by atoms with Gasteiger partial charge in [0.1, 0.15) is 18.1 Å². The summed E-state index contributed by atoms with van der Waals surface area (Å²) >= 11 is 0. The molecule has 0 aliphatic heterocycles. The lowest BCUT2D eigenvalue weighted by atomic mass is 10.4. The van der Waals surface area contributed by atoms with Gasteiger partial charge in [0.05, 0.1) is 0 Å². The second-order valence-electron chi connectivity index (χ2n) is 4.11. The van der Waals surface area contributed by atoms with Gasteiger partial charge >= 0.3 is 5.91 Å². The Kier molecular flexibility index (Phi) is 4.21. The Morgan fingerprint density at radius 1 is 1.25 bits per heavy atom. The molecular formula is C13H15N3O4. The van der Waals surface area contributed by atoms with Crippen LogP contribution < -0.4 is 10.9 Å². The first kappa shape index (κ1) is 13.9. The van der Waals surface area contributed by atoms with Crippen molar-refractivity contribution in [3.05, 3.63) is 47.7 Å². The molecule has 0 aliphatic carbocycles. The van der Waals surface area contributed by atoms with Gasteiger partial charge in [-0.25, -0.2) is 0 Å². The van der Waals surface area contributed by atoms with Crippen molar-refractivity contribution in [2.75, 3.05) is 7.11 Å². The second-order valence-corrected chi connectivity index (χ2v) is 4.11. The molecule has 2 aromatic rings. The third-order valence-corrected chi connectivity index (χ3v) is 2.64. The number of hydrazine groups is 1. The fraction of sp³-hybridized carbons (Fsp3) is 0.231. The second kappa shape index (κ2) is 6.07. The molecule has 2 aromatic heterocycles. The summed E-state index contributed by atoms with van der Waals surface area (Å²) in [6.07, 6.45) is 1.74. The van der Waals surface area contributed by atoms with Crippen LogP contribution in [0.3, 0.4) is 0 Å². The minimum atomic E-state index is -0.532. The van der Waals surface area contributed by atoms with E-state index in [9.17, 15) is 9.59 Å². The highest BCUT2D eigenvalue weighted by Crippen LogP contribution is 2.08. The van der Waals surface area contributed by atoms with Gasteiger partial charge in [-0.3, -0.25) is 20.4 Å². The lowest BCUT2D eigenvalue weighted by Gasteiger charge is -2.06. The summed E-state index contributed by atoms with van der Waals surface area (Å²) in [5, 5.41) is 0. The quantitative estimate of drug-likeness (QED) is 0.811. The van der Waals surface area contributed by atoms with E-state index < -0.39 is 11.8 Å². The number of methoxy groups -OCH3 is 1. The molecule has 0 aromatic carbocycles. The number of aromatic nitrogens is 1. The standard InChI is InChI=1S/C13H15N3O4/c1-16-7-3-4-10(16)12(17)14-15-13(18)11-6-5-9(20-11)8-19-2/h3-7H,8H2,1-2H3,(H,14,17)(H,15,18). The number of amides is 2. The first-order valence-electron chi connectivity index (χ1n) is 5.91. The van der Waals surface area contributed by atoms with Crippen molar-refractivity contribution in [1.82, 2.24) is 15.4 Å². The minimum absolute atomic E-state index is 0.101. The van der Waals surface area contributed by atoms with Crippen molar-refractivity contribution in [3.63, 3.8) is 0 Å². The normalized spacial score (nSPS) is 10.3. The number of furan rings is 1. The van der Waals surface area contributed by atoms with Crippen LogP contribution in [0.4, 0.5) is 0 Å². The van der Waals surface area contributed by atoms with Gasteiger partial charge in [0.2, 0.25) is 0 Å². The molecule has 0 spiro atoms. The van der Waals surface area contributed by atoms with Crippen LogP contribution in [-0.2, 0) is 18.4 Å². The van der Waals surface area contributed by atoms with E-state index in [1.807, 2.05) is 0 Å². The van der Waals surface area contributed by atoms with Crippen molar-refractivity contribution in [1.29, 1.82) is 0 Å². The monoisotopic (exact) mass is 277 g/mol. The Morgan fingerprint density at radius 2 is 2.00 bits per heavy atom. The minimum Gasteiger partial charge on any atom is -0.453 e. The van der Waals surface area contributed by atoms with Gasteiger partial charge in [-0.05, 0) is 24.3 Å². The maximum absolute atomic E-state index is 11.8. The number of rotatable bonds is 4. The number of nitrogens with one attached hydrogen (secondary N) is 2. The average molecular weight is 277 g/mol. The molecule has 0 saturated carbocycles. The van der Waals surface area contributed by atoms with Crippen molar-refractivity contribution < 1.29 is 18.7 Å². The maximum atomic E-state index is 11.8. The molecule has 0 atom stereocenters. The zero-order chi connectivity index (χ0) is 14.5. The topological polar surface area (TPSA) is 85.5 Å². The molecule has 0 bridgehead atoms. The number of ether oxygens (including phenoxy) is 1. The molecule has 0 aliphatic rings. The summed E-state index contributed by atoms with van der Waals surface area (Å²) in [6.45, 7) is 0.281. The van der Waals surface area contributed by atoms with Crippen LogP contribution in [0.15, 0.2) is 34.9 Å². The molecule has 2 amide bonds. The largest absolute Gasteiger partial charge is 0.453 e. The Bertz CT molecular complexity index is 615. The van der Waals surface area contributed by atoms with E-state index in [2.05, 4.69) is 10.9 Å². The molecule has 7 nitrogen and oxygen atoms in total. The molecule has 2 N–H and O–H groups in total. The Balaban J connectivity index is 1.91. The lowest BCUT2D eigenvalue weighted by molar-refractivity contribution is 0.0822. The van der Waals surface area contributed by atoms with Gasteiger partial charge in [-0.2, -0.15) is 0 Å². The predicted molar refractivity (Wildman–Crippen MR) is 69.8 cm³/mol. The molecule has 7 heteroatoms. The van der Waals surface area contributed by atoms with Crippen LogP contribution in [0.2, 0.25) is 0 Å². The summed E-state index contributed by atoms with van der Waals surface area (Å²) in [5.41, 5.74) is 5.03. The first-order chi connectivity index (χ1) is 9.61. The van der Waals surface area contributed by atoms with Crippen LogP contribution in [-0.4, -0.2) is 23.5 Å². The molecule has 0 unspecified atom stereocenters. The van der Waals surface area contributed by atoms with E-state index in [1.54, 1.807) is 36.0 Å².